The summed E-state index contributed by atoms with van der Waals surface area (Å²) in [4.78, 5) is 0. The van der Waals surface area contributed by atoms with Crippen molar-refractivity contribution in [2.45, 2.75) is 46.5 Å². The normalized spacial score (nSPS) is 29.3. The lowest BCUT2D eigenvalue weighted by Gasteiger charge is -2.27. The van der Waals surface area contributed by atoms with Crippen LogP contribution in [0.1, 0.15) is 46.5 Å². The van der Waals surface area contributed by atoms with Crippen molar-refractivity contribution in [2.75, 3.05) is 13.1 Å². The molecule has 1 saturated heterocycles. The van der Waals surface area contributed by atoms with Gasteiger partial charge in [0.25, 0.3) is 0 Å². The molecular formula is C12H25N. The van der Waals surface area contributed by atoms with Gasteiger partial charge in [-0.05, 0) is 43.7 Å². The maximum atomic E-state index is 3.56. The fraction of sp³-hybridized carbons (Fsp3) is 1.00. The summed E-state index contributed by atoms with van der Waals surface area (Å²) in [7, 11) is 0. The molecule has 1 N–H and O–H groups in total. The molecule has 0 bridgehead atoms. The van der Waals surface area contributed by atoms with E-state index in [0.717, 1.165) is 17.8 Å². The van der Waals surface area contributed by atoms with Crippen LogP contribution in [0.25, 0.3) is 0 Å². The van der Waals surface area contributed by atoms with E-state index in [1.807, 2.05) is 0 Å². The molecular weight excluding hydrogens is 158 g/mol. The molecule has 13 heavy (non-hydrogen) atoms. The highest BCUT2D eigenvalue weighted by Gasteiger charge is 2.22. The molecule has 0 radical (unpaired) electrons. The highest BCUT2D eigenvalue weighted by atomic mass is 14.9. The van der Waals surface area contributed by atoms with Gasteiger partial charge in [-0.3, -0.25) is 0 Å². The van der Waals surface area contributed by atoms with Crippen LogP contribution >= 0.6 is 0 Å². The summed E-state index contributed by atoms with van der Waals surface area (Å²) in [5.41, 5.74) is 0. The van der Waals surface area contributed by atoms with E-state index in [4.69, 9.17) is 0 Å². The standard InChI is InChI=1S/C12H25N/c1-4-10(2)11(3)12-7-5-6-8-13-9-12/h10-13H,4-9H2,1-3H3. The van der Waals surface area contributed by atoms with Gasteiger partial charge in [-0.15, -0.1) is 0 Å². The SMILES string of the molecule is CCC(C)C(C)C1CCCCNC1. The Bertz CT molecular complexity index is 125. The van der Waals surface area contributed by atoms with Crippen molar-refractivity contribution < 1.29 is 0 Å². The molecule has 1 aliphatic heterocycles. The van der Waals surface area contributed by atoms with Gasteiger partial charge in [0.05, 0.1) is 0 Å². The Morgan fingerprint density at radius 3 is 2.77 bits per heavy atom. The maximum Gasteiger partial charge on any atom is -0.00179 e. The van der Waals surface area contributed by atoms with E-state index in [1.54, 1.807) is 0 Å². The average Bonchev–Trinajstić information content (AvgIpc) is 2.43. The second-order valence-electron chi connectivity index (χ2n) is 4.70. The van der Waals surface area contributed by atoms with Gasteiger partial charge in [0.1, 0.15) is 0 Å². The van der Waals surface area contributed by atoms with Crippen LogP contribution in [0.5, 0.6) is 0 Å². The van der Waals surface area contributed by atoms with Crippen molar-refractivity contribution in [3.8, 4) is 0 Å². The molecule has 1 heterocycles. The lowest BCUT2D eigenvalue weighted by atomic mass is 9.80. The average molecular weight is 183 g/mol. The highest BCUT2D eigenvalue weighted by molar-refractivity contribution is 4.75. The second kappa shape index (κ2) is 5.64. The minimum atomic E-state index is 0.893. The molecule has 1 heteroatoms. The van der Waals surface area contributed by atoms with E-state index in [0.29, 0.717) is 0 Å². The van der Waals surface area contributed by atoms with Gasteiger partial charge in [0, 0.05) is 0 Å². The maximum absolute atomic E-state index is 3.56. The molecule has 0 aromatic carbocycles. The lowest BCUT2D eigenvalue weighted by Crippen LogP contribution is -2.28. The third kappa shape index (κ3) is 3.30. The van der Waals surface area contributed by atoms with Crippen molar-refractivity contribution >= 4 is 0 Å². The predicted molar refractivity (Wildman–Crippen MR) is 58.8 cm³/mol. The minimum Gasteiger partial charge on any atom is -0.316 e. The molecule has 0 aromatic rings. The molecule has 0 aromatic heterocycles. The third-order valence-electron chi connectivity index (χ3n) is 3.87. The second-order valence-corrected chi connectivity index (χ2v) is 4.70. The fourth-order valence-electron chi connectivity index (χ4n) is 2.33. The molecule has 78 valence electrons. The van der Waals surface area contributed by atoms with E-state index < -0.39 is 0 Å². The van der Waals surface area contributed by atoms with E-state index in [2.05, 4.69) is 26.1 Å². The molecule has 0 saturated carbocycles. The van der Waals surface area contributed by atoms with Crippen molar-refractivity contribution in [3.05, 3.63) is 0 Å². The third-order valence-corrected chi connectivity index (χ3v) is 3.87. The van der Waals surface area contributed by atoms with Crippen LogP contribution in [0.15, 0.2) is 0 Å². The molecule has 0 amide bonds. The quantitative estimate of drug-likeness (QED) is 0.709. The van der Waals surface area contributed by atoms with Crippen LogP contribution in [0.2, 0.25) is 0 Å². The molecule has 0 aliphatic carbocycles. The number of hydrogen-bond donors (Lipinski definition) is 1. The lowest BCUT2D eigenvalue weighted by molar-refractivity contribution is 0.243. The van der Waals surface area contributed by atoms with Gasteiger partial charge >= 0.3 is 0 Å². The molecule has 3 unspecified atom stereocenters. The molecule has 1 nitrogen and oxygen atoms in total. The monoisotopic (exact) mass is 183 g/mol. The van der Waals surface area contributed by atoms with E-state index in [9.17, 15) is 0 Å². The molecule has 3 atom stereocenters. The molecule has 1 fully saturated rings. The molecule has 0 spiro atoms. The number of hydrogen-bond acceptors (Lipinski definition) is 1. The van der Waals surface area contributed by atoms with E-state index in [1.165, 1.54) is 38.8 Å². The van der Waals surface area contributed by atoms with Crippen LogP contribution in [-0.4, -0.2) is 13.1 Å². The Morgan fingerprint density at radius 1 is 1.31 bits per heavy atom. The van der Waals surface area contributed by atoms with Gasteiger partial charge in [0.15, 0.2) is 0 Å². The summed E-state index contributed by atoms with van der Waals surface area (Å²) in [5.74, 6) is 2.72. The first-order chi connectivity index (χ1) is 6.25. The van der Waals surface area contributed by atoms with Crippen molar-refractivity contribution in [3.63, 3.8) is 0 Å². The van der Waals surface area contributed by atoms with Crippen LogP contribution < -0.4 is 5.32 Å². The molecule has 1 rings (SSSR count). The number of nitrogens with one attached hydrogen (secondary N) is 1. The zero-order valence-corrected chi connectivity index (χ0v) is 9.47. The van der Waals surface area contributed by atoms with Gasteiger partial charge in [-0.25, -0.2) is 0 Å². The Morgan fingerprint density at radius 2 is 2.08 bits per heavy atom. The minimum absolute atomic E-state index is 0.893. The van der Waals surface area contributed by atoms with Crippen molar-refractivity contribution in [1.29, 1.82) is 0 Å². The first kappa shape index (κ1) is 11.0. The smallest absolute Gasteiger partial charge is 0.00179 e. The summed E-state index contributed by atoms with van der Waals surface area (Å²) in [6.45, 7) is 9.64. The summed E-state index contributed by atoms with van der Waals surface area (Å²) in [5, 5.41) is 3.56. The summed E-state index contributed by atoms with van der Waals surface area (Å²) >= 11 is 0. The Kier molecular flexibility index (Phi) is 4.79. The van der Waals surface area contributed by atoms with Crippen LogP contribution in [0, 0.1) is 17.8 Å². The summed E-state index contributed by atoms with van der Waals surface area (Å²) in [6, 6.07) is 0. The van der Waals surface area contributed by atoms with Gasteiger partial charge in [-0.1, -0.05) is 33.6 Å². The van der Waals surface area contributed by atoms with Gasteiger partial charge < -0.3 is 5.32 Å². The topological polar surface area (TPSA) is 12.0 Å². The zero-order valence-electron chi connectivity index (χ0n) is 9.47. The Hall–Kier alpha value is -0.0400. The van der Waals surface area contributed by atoms with Crippen LogP contribution in [0.3, 0.4) is 0 Å². The Labute approximate surface area is 83.3 Å². The highest BCUT2D eigenvalue weighted by Crippen LogP contribution is 2.27. The van der Waals surface area contributed by atoms with Crippen LogP contribution in [0.4, 0.5) is 0 Å². The fourth-order valence-corrected chi connectivity index (χ4v) is 2.33. The van der Waals surface area contributed by atoms with Crippen molar-refractivity contribution in [2.24, 2.45) is 17.8 Å². The van der Waals surface area contributed by atoms with Gasteiger partial charge in [0.2, 0.25) is 0 Å². The number of rotatable bonds is 3. The predicted octanol–water partition coefficient (Wildman–Crippen LogP) is 3.06. The van der Waals surface area contributed by atoms with E-state index in [-0.39, 0.29) is 0 Å². The Balaban J connectivity index is 2.38. The summed E-state index contributed by atoms with van der Waals surface area (Å²) in [6.07, 6.45) is 5.58. The molecule has 1 aliphatic rings. The van der Waals surface area contributed by atoms with Crippen molar-refractivity contribution in [1.82, 2.24) is 5.32 Å². The van der Waals surface area contributed by atoms with Gasteiger partial charge in [-0.2, -0.15) is 0 Å². The van der Waals surface area contributed by atoms with Crippen LogP contribution in [-0.2, 0) is 0 Å². The first-order valence-electron chi connectivity index (χ1n) is 5.96. The van der Waals surface area contributed by atoms with E-state index >= 15 is 0 Å². The first-order valence-corrected chi connectivity index (χ1v) is 5.96. The zero-order chi connectivity index (χ0) is 9.68. The largest absolute Gasteiger partial charge is 0.316 e. The summed E-state index contributed by atoms with van der Waals surface area (Å²) < 4.78 is 0.